The van der Waals surface area contributed by atoms with Gasteiger partial charge >= 0.3 is 5.97 Å². The lowest BCUT2D eigenvalue weighted by Crippen LogP contribution is -2.45. The van der Waals surface area contributed by atoms with Gasteiger partial charge in [0.2, 0.25) is 5.91 Å². The van der Waals surface area contributed by atoms with Crippen LogP contribution in [-0.4, -0.2) is 28.4 Å². The second-order valence-electron chi connectivity index (χ2n) is 4.00. The molecule has 0 heterocycles. The number of amides is 1. The summed E-state index contributed by atoms with van der Waals surface area (Å²) in [4.78, 5) is 22.9. The minimum absolute atomic E-state index is 0.152. The standard InChI is InChI=1S/C12H14F2N2O3S/c1-6(15)10(17)16-11(12(18)19)20-8-4-2-7(3-5-8)9(13)14/h2-6,9,11H,15H2,1H3,(H,16,17)(H,18,19)/t6-,11-/m1/s1. The highest BCUT2D eigenvalue weighted by molar-refractivity contribution is 8.00. The summed E-state index contributed by atoms with van der Waals surface area (Å²) in [6, 6.07) is 4.33. The number of alkyl halides is 2. The van der Waals surface area contributed by atoms with Gasteiger partial charge in [-0.1, -0.05) is 23.9 Å². The van der Waals surface area contributed by atoms with E-state index >= 15 is 0 Å². The zero-order chi connectivity index (χ0) is 15.3. The number of hydrogen-bond donors (Lipinski definition) is 3. The molecule has 0 radical (unpaired) electrons. The lowest BCUT2D eigenvalue weighted by molar-refractivity contribution is -0.139. The largest absolute Gasteiger partial charge is 0.479 e. The fraction of sp³-hybridized carbons (Fsp3) is 0.333. The Morgan fingerprint density at radius 3 is 2.25 bits per heavy atom. The second kappa shape index (κ2) is 7.20. The lowest BCUT2D eigenvalue weighted by Gasteiger charge is -2.15. The van der Waals surface area contributed by atoms with Crippen LogP contribution in [0, 0.1) is 0 Å². The van der Waals surface area contributed by atoms with E-state index < -0.39 is 29.7 Å². The Bertz CT molecular complexity index is 480. The van der Waals surface area contributed by atoms with Crippen molar-refractivity contribution >= 4 is 23.6 Å². The number of carboxylic acids is 1. The molecule has 8 heteroatoms. The first-order valence-corrected chi connectivity index (χ1v) is 6.52. The molecule has 0 unspecified atom stereocenters. The molecule has 2 atom stereocenters. The fourth-order valence-corrected chi connectivity index (χ4v) is 2.07. The van der Waals surface area contributed by atoms with Crippen molar-refractivity contribution in [2.45, 2.75) is 29.7 Å². The van der Waals surface area contributed by atoms with Gasteiger partial charge in [0, 0.05) is 10.5 Å². The van der Waals surface area contributed by atoms with Crippen LogP contribution in [-0.2, 0) is 9.59 Å². The minimum Gasteiger partial charge on any atom is -0.479 e. The molecule has 0 fully saturated rings. The number of thioether (sulfide) groups is 1. The number of aliphatic carboxylic acids is 1. The molecular weight excluding hydrogens is 290 g/mol. The smallest absolute Gasteiger partial charge is 0.337 e. The van der Waals surface area contributed by atoms with E-state index in [2.05, 4.69) is 5.32 Å². The normalized spacial score (nSPS) is 13.8. The molecular formula is C12H14F2N2O3S. The number of hydrogen-bond acceptors (Lipinski definition) is 4. The number of nitrogens with one attached hydrogen (secondary N) is 1. The summed E-state index contributed by atoms with van der Waals surface area (Å²) in [6.07, 6.45) is -2.58. The molecule has 5 nitrogen and oxygen atoms in total. The van der Waals surface area contributed by atoms with Gasteiger partial charge in [0.25, 0.3) is 6.43 Å². The zero-order valence-corrected chi connectivity index (χ0v) is 11.4. The number of rotatable bonds is 6. The number of halogens is 2. The average Bonchev–Trinajstić information content (AvgIpc) is 2.38. The Morgan fingerprint density at radius 1 is 1.30 bits per heavy atom. The van der Waals surface area contributed by atoms with Gasteiger partial charge in [-0.25, -0.2) is 13.6 Å². The van der Waals surface area contributed by atoms with Crippen molar-refractivity contribution in [1.82, 2.24) is 5.32 Å². The number of carbonyl (C=O) groups excluding carboxylic acids is 1. The van der Waals surface area contributed by atoms with Crippen LogP contribution in [0.1, 0.15) is 18.9 Å². The molecule has 0 aliphatic heterocycles. The van der Waals surface area contributed by atoms with E-state index in [0.717, 1.165) is 11.8 Å². The molecule has 0 aliphatic rings. The number of benzene rings is 1. The molecule has 0 spiro atoms. The number of nitrogens with two attached hydrogens (primary N) is 1. The maximum absolute atomic E-state index is 12.4. The average molecular weight is 304 g/mol. The van der Waals surface area contributed by atoms with Gasteiger partial charge in [0.15, 0.2) is 5.37 Å². The first-order valence-electron chi connectivity index (χ1n) is 5.64. The Morgan fingerprint density at radius 2 is 1.85 bits per heavy atom. The van der Waals surface area contributed by atoms with Gasteiger partial charge in [-0.2, -0.15) is 0 Å². The van der Waals surface area contributed by atoms with Crippen LogP contribution in [0.25, 0.3) is 0 Å². The number of carbonyl (C=O) groups is 2. The van der Waals surface area contributed by atoms with E-state index in [4.69, 9.17) is 10.8 Å². The van der Waals surface area contributed by atoms with Crippen molar-refractivity contribution in [3.8, 4) is 0 Å². The van der Waals surface area contributed by atoms with Crippen LogP contribution in [0.5, 0.6) is 0 Å². The van der Waals surface area contributed by atoms with E-state index in [1.54, 1.807) is 0 Å². The molecule has 1 aromatic rings. The van der Waals surface area contributed by atoms with Crippen molar-refractivity contribution in [3.05, 3.63) is 29.8 Å². The monoisotopic (exact) mass is 304 g/mol. The Kier molecular flexibility index (Phi) is 5.90. The summed E-state index contributed by atoms with van der Waals surface area (Å²) in [5, 5.41) is 10.0. The van der Waals surface area contributed by atoms with E-state index in [1.807, 2.05) is 0 Å². The van der Waals surface area contributed by atoms with E-state index in [0.29, 0.717) is 4.90 Å². The van der Waals surface area contributed by atoms with Gasteiger partial charge < -0.3 is 16.2 Å². The Hall–Kier alpha value is -1.67. The summed E-state index contributed by atoms with van der Waals surface area (Å²) >= 11 is 0.831. The molecule has 0 aromatic heterocycles. The Balaban J connectivity index is 2.75. The molecule has 1 amide bonds. The summed E-state index contributed by atoms with van der Waals surface area (Å²) in [5.41, 5.74) is 5.18. The molecule has 20 heavy (non-hydrogen) atoms. The van der Waals surface area contributed by atoms with Crippen LogP contribution in [0.3, 0.4) is 0 Å². The highest BCUT2D eigenvalue weighted by Gasteiger charge is 2.22. The van der Waals surface area contributed by atoms with Crippen molar-refractivity contribution < 1.29 is 23.5 Å². The summed E-state index contributed by atoms with van der Waals surface area (Å²) in [7, 11) is 0. The van der Waals surface area contributed by atoms with Crippen molar-refractivity contribution in [3.63, 3.8) is 0 Å². The van der Waals surface area contributed by atoms with Gasteiger partial charge in [-0.05, 0) is 19.1 Å². The summed E-state index contributed by atoms with van der Waals surface area (Å²) < 4.78 is 24.8. The first kappa shape index (κ1) is 16.4. The fourth-order valence-electron chi connectivity index (χ4n) is 1.23. The second-order valence-corrected chi connectivity index (χ2v) is 5.18. The third-order valence-electron chi connectivity index (χ3n) is 2.30. The molecule has 4 N–H and O–H groups in total. The first-order chi connectivity index (χ1) is 9.31. The molecule has 0 bridgehead atoms. The van der Waals surface area contributed by atoms with E-state index in [1.165, 1.54) is 31.2 Å². The van der Waals surface area contributed by atoms with Crippen LogP contribution in [0.2, 0.25) is 0 Å². The quantitative estimate of drug-likeness (QED) is 0.548. The molecule has 110 valence electrons. The van der Waals surface area contributed by atoms with Gasteiger partial charge in [-0.15, -0.1) is 0 Å². The molecule has 1 aromatic carbocycles. The van der Waals surface area contributed by atoms with Crippen molar-refractivity contribution in [2.75, 3.05) is 0 Å². The molecule has 0 saturated carbocycles. The molecule has 1 rings (SSSR count). The summed E-state index contributed by atoms with van der Waals surface area (Å²) in [5.74, 6) is -1.85. The van der Waals surface area contributed by atoms with Crippen molar-refractivity contribution in [1.29, 1.82) is 0 Å². The topological polar surface area (TPSA) is 92.4 Å². The lowest BCUT2D eigenvalue weighted by atomic mass is 10.2. The van der Waals surface area contributed by atoms with Gasteiger partial charge in [0.05, 0.1) is 6.04 Å². The SMILES string of the molecule is C[C@@H](N)C(=O)N[C@H](Sc1ccc(C(F)F)cc1)C(=O)O. The third-order valence-corrected chi connectivity index (χ3v) is 3.40. The van der Waals surface area contributed by atoms with Gasteiger partial charge in [0.1, 0.15) is 0 Å². The van der Waals surface area contributed by atoms with Crippen LogP contribution in [0.15, 0.2) is 29.2 Å². The van der Waals surface area contributed by atoms with Crippen molar-refractivity contribution in [2.24, 2.45) is 5.73 Å². The zero-order valence-electron chi connectivity index (χ0n) is 10.5. The van der Waals surface area contributed by atoms with Crippen LogP contribution in [0.4, 0.5) is 8.78 Å². The maximum Gasteiger partial charge on any atom is 0.337 e. The van der Waals surface area contributed by atoms with E-state index in [9.17, 15) is 18.4 Å². The highest BCUT2D eigenvalue weighted by atomic mass is 32.2. The maximum atomic E-state index is 12.4. The van der Waals surface area contributed by atoms with Gasteiger partial charge in [-0.3, -0.25) is 4.79 Å². The number of carboxylic acid groups (broad SMARTS) is 1. The highest BCUT2D eigenvalue weighted by Crippen LogP contribution is 2.25. The van der Waals surface area contributed by atoms with E-state index in [-0.39, 0.29) is 5.56 Å². The molecule has 0 aliphatic carbocycles. The van der Waals surface area contributed by atoms with Crippen LogP contribution < -0.4 is 11.1 Å². The Labute approximate surface area is 118 Å². The summed E-state index contributed by atoms with van der Waals surface area (Å²) in [6.45, 7) is 1.43. The molecule has 0 saturated heterocycles. The van der Waals surface area contributed by atoms with Crippen LogP contribution >= 0.6 is 11.8 Å². The predicted molar refractivity (Wildman–Crippen MR) is 70.5 cm³/mol. The third kappa shape index (κ3) is 4.78. The predicted octanol–water partition coefficient (Wildman–Crippen LogP) is 1.59. The minimum atomic E-state index is -2.58.